The Balaban J connectivity index is 3.03. The largest absolute Gasteiger partial charge is 0.442 e. The summed E-state index contributed by atoms with van der Waals surface area (Å²) in [6, 6.07) is 0. The molecule has 3 heteroatoms. The fourth-order valence-corrected chi connectivity index (χ4v) is 1.39. The zero-order valence-electron chi connectivity index (χ0n) is 10.3. The zero-order valence-corrected chi connectivity index (χ0v) is 10.3. The van der Waals surface area contributed by atoms with E-state index in [1.54, 1.807) is 20.0 Å². The highest BCUT2D eigenvalue weighted by Crippen LogP contribution is 2.32. The van der Waals surface area contributed by atoms with Crippen molar-refractivity contribution >= 4 is 0 Å². The molecule has 0 fully saturated rings. The average Bonchev–Trinajstić information content (AvgIpc) is 2.65. The standard InChI is InChI=1S/C12H21NO2/c1-6-12(5,7-2)10-13-8-9(15-10)11(3,4)14/h8,14H,6-7H2,1-5H3. The molecule has 0 bridgehead atoms. The summed E-state index contributed by atoms with van der Waals surface area (Å²) >= 11 is 0. The molecule has 0 aliphatic rings. The number of rotatable bonds is 4. The summed E-state index contributed by atoms with van der Waals surface area (Å²) in [4.78, 5) is 4.27. The molecular formula is C12H21NO2. The normalized spacial score (nSPS) is 13.2. The van der Waals surface area contributed by atoms with E-state index in [1.807, 2.05) is 0 Å². The van der Waals surface area contributed by atoms with E-state index >= 15 is 0 Å². The molecule has 1 heterocycles. The van der Waals surface area contributed by atoms with Gasteiger partial charge in [0.15, 0.2) is 11.7 Å². The monoisotopic (exact) mass is 211 g/mol. The fourth-order valence-electron chi connectivity index (χ4n) is 1.39. The number of oxazole rings is 1. The van der Waals surface area contributed by atoms with Gasteiger partial charge in [0.05, 0.1) is 6.20 Å². The van der Waals surface area contributed by atoms with Crippen LogP contribution >= 0.6 is 0 Å². The van der Waals surface area contributed by atoms with Gasteiger partial charge in [-0.1, -0.05) is 20.8 Å². The molecule has 0 amide bonds. The molecule has 0 saturated heterocycles. The van der Waals surface area contributed by atoms with E-state index in [1.165, 1.54) is 0 Å². The van der Waals surface area contributed by atoms with Crippen LogP contribution in [0.3, 0.4) is 0 Å². The van der Waals surface area contributed by atoms with Crippen LogP contribution in [0.2, 0.25) is 0 Å². The summed E-state index contributed by atoms with van der Waals surface area (Å²) in [6.07, 6.45) is 3.59. The van der Waals surface area contributed by atoms with Crippen molar-refractivity contribution in [1.82, 2.24) is 4.98 Å². The van der Waals surface area contributed by atoms with E-state index in [2.05, 4.69) is 25.8 Å². The molecule has 0 aliphatic heterocycles. The summed E-state index contributed by atoms with van der Waals surface area (Å²) in [6.45, 7) is 9.78. The number of aliphatic hydroxyl groups is 1. The van der Waals surface area contributed by atoms with Crippen LogP contribution in [-0.2, 0) is 11.0 Å². The van der Waals surface area contributed by atoms with Gasteiger partial charge in [-0.2, -0.15) is 0 Å². The lowest BCUT2D eigenvalue weighted by Crippen LogP contribution is -2.20. The number of hydrogen-bond acceptors (Lipinski definition) is 3. The van der Waals surface area contributed by atoms with Gasteiger partial charge in [0, 0.05) is 5.41 Å². The Morgan fingerprint density at radius 3 is 2.13 bits per heavy atom. The maximum atomic E-state index is 9.78. The second-order valence-electron chi connectivity index (χ2n) is 4.86. The average molecular weight is 211 g/mol. The van der Waals surface area contributed by atoms with E-state index in [4.69, 9.17) is 4.42 Å². The van der Waals surface area contributed by atoms with Crippen LogP contribution in [0.4, 0.5) is 0 Å². The van der Waals surface area contributed by atoms with Crippen molar-refractivity contribution in [2.75, 3.05) is 0 Å². The molecule has 15 heavy (non-hydrogen) atoms. The van der Waals surface area contributed by atoms with Crippen molar-refractivity contribution in [3.05, 3.63) is 17.8 Å². The lowest BCUT2D eigenvalue weighted by atomic mass is 9.85. The molecule has 0 radical (unpaired) electrons. The highest BCUT2D eigenvalue weighted by atomic mass is 16.4. The van der Waals surface area contributed by atoms with Crippen molar-refractivity contribution in [3.8, 4) is 0 Å². The first-order chi connectivity index (χ1) is 6.83. The molecule has 0 aliphatic carbocycles. The van der Waals surface area contributed by atoms with Crippen LogP contribution in [0, 0.1) is 0 Å². The molecule has 1 N–H and O–H groups in total. The molecule has 3 nitrogen and oxygen atoms in total. The molecule has 0 atom stereocenters. The van der Waals surface area contributed by atoms with Gasteiger partial charge in [0.25, 0.3) is 0 Å². The van der Waals surface area contributed by atoms with Gasteiger partial charge in [-0.15, -0.1) is 0 Å². The molecule has 0 aromatic carbocycles. The van der Waals surface area contributed by atoms with Crippen LogP contribution in [-0.4, -0.2) is 10.1 Å². The van der Waals surface area contributed by atoms with Crippen molar-refractivity contribution < 1.29 is 9.52 Å². The molecular weight excluding hydrogens is 190 g/mol. The predicted molar refractivity (Wildman–Crippen MR) is 59.7 cm³/mol. The number of nitrogens with zero attached hydrogens (tertiary/aromatic N) is 1. The Hall–Kier alpha value is -0.830. The van der Waals surface area contributed by atoms with E-state index in [-0.39, 0.29) is 5.41 Å². The maximum Gasteiger partial charge on any atom is 0.200 e. The first-order valence-electron chi connectivity index (χ1n) is 5.52. The Bertz CT molecular complexity index is 319. The third-order valence-corrected chi connectivity index (χ3v) is 3.19. The Morgan fingerprint density at radius 2 is 1.80 bits per heavy atom. The lowest BCUT2D eigenvalue weighted by Gasteiger charge is -2.22. The summed E-state index contributed by atoms with van der Waals surface area (Å²) in [7, 11) is 0. The van der Waals surface area contributed by atoms with Crippen molar-refractivity contribution in [3.63, 3.8) is 0 Å². The van der Waals surface area contributed by atoms with Crippen LogP contribution in [0.1, 0.15) is 59.1 Å². The van der Waals surface area contributed by atoms with E-state index in [0.717, 1.165) is 18.7 Å². The Kier molecular flexibility index (Phi) is 3.24. The molecule has 0 saturated carbocycles. The summed E-state index contributed by atoms with van der Waals surface area (Å²) < 4.78 is 5.63. The second kappa shape index (κ2) is 3.97. The van der Waals surface area contributed by atoms with Crippen LogP contribution in [0.15, 0.2) is 10.6 Å². The summed E-state index contributed by atoms with van der Waals surface area (Å²) in [5.41, 5.74) is -0.975. The van der Waals surface area contributed by atoms with Crippen molar-refractivity contribution in [1.29, 1.82) is 0 Å². The van der Waals surface area contributed by atoms with Gasteiger partial charge >= 0.3 is 0 Å². The number of aromatic nitrogens is 1. The third-order valence-electron chi connectivity index (χ3n) is 3.19. The minimum absolute atomic E-state index is 0.0243. The second-order valence-corrected chi connectivity index (χ2v) is 4.86. The molecule has 1 aromatic heterocycles. The zero-order chi connectivity index (χ0) is 11.7. The van der Waals surface area contributed by atoms with Gasteiger partial charge in [0.1, 0.15) is 5.60 Å². The minimum Gasteiger partial charge on any atom is -0.442 e. The van der Waals surface area contributed by atoms with E-state index in [0.29, 0.717) is 5.76 Å². The smallest absolute Gasteiger partial charge is 0.200 e. The maximum absolute atomic E-state index is 9.78. The van der Waals surface area contributed by atoms with E-state index in [9.17, 15) is 5.11 Å². The minimum atomic E-state index is -0.951. The van der Waals surface area contributed by atoms with E-state index < -0.39 is 5.60 Å². The fraction of sp³-hybridized carbons (Fsp3) is 0.750. The third kappa shape index (κ3) is 2.40. The molecule has 86 valence electrons. The quantitative estimate of drug-likeness (QED) is 0.832. The highest BCUT2D eigenvalue weighted by Gasteiger charge is 2.30. The van der Waals surface area contributed by atoms with Gasteiger partial charge in [-0.25, -0.2) is 4.98 Å². The van der Waals surface area contributed by atoms with Gasteiger partial charge in [-0.05, 0) is 26.7 Å². The SMILES string of the molecule is CCC(C)(CC)c1ncc(C(C)(C)O)o1. The highest BCUT2D eigenvalue weighted by molar-refractivity contribution is 5.09. The Morgan fingerprint density at radius 1 is 1.27 bits per heavy atom. The number of hydrogen-bond donors (Lipinski definition) is 1. The van der Waals surface area contributed by atoms with Crippen molar-refractivity contribution in [2.24, 2.45) is 0 Å². The molecule has 1 rings (SSSR count). The van der Waals surface area contributed by atoms with Gasteiger partial charge in [-0.3, -0.25) is 0 Å². The predicted octanol–water partition coefficient (Wildman–Crippen LogP) is 2.98. The van der Waals surface area contributed by atoms with Crippen molar-refractivity contribution in [2.45, 2.75) is 58.5 Å². The Labute approximate surface area is 91.5 Å². The summed E-state index contributed by atoms with van der Waals surface area (Å²) in [5.74, 6) is 1.26. The first-order valence-corrected chi connectivity index (χ1v) is 5.52. The van der Waals surface area contributed by atoms with Crippen LogP contribution < -0.4 is 0 Å². The van der Waals surface area contributed by atoms with Crippen LogP contribution in [0.5, 0.6) is 0 Å². The lowest BCUT2D eigenvalue weighted by molar-refractivity contribution is 0.0510. The van der Waals surface area contributed by atoms with Crippen LogP contribution in [0.25, 0.3) is 0 Å². The summed E-state index contributed by atoms with van der Waals surface area (Å²) in [5, 5.41) is 9.78. The molecule has 0 spiro atoms. The first kappa shape index (κ1) is 12.2. The molecule has 0 unspecified atom stereocenters. The topological polar surface area (TPSA) is 46.3 Å². The molecule has 1 aromatic rings. The van der Waals surface area contributed by atoms with Gasteiger partial charge < -0.3 is 9.52 Å². The van der Waals surface area contributed by atoms with Gasteiger partial charge in [0.2, 0.25) is 0 Å².